The highest BCUT2D eigenvalue weighted by Gasteiger charge is 2.30. The minimum Gasteiger partial charge on any atom is -0.367 e. The second kappa shape index (κ2) is 10.1. The quantitative estimate of drug-likeness (QED) is 0.710. The van der Waals surface area contributed by atoms with Crippen molar-refractivity contribution in [3.05, 3.63) is 71.3 Å². The smallest absolute Gasteiger partial charge is 0.256 e. The predicted molar refractivity (Wildman–Crippen MR) is 120 cm³/mol. The summed E-state index contributed by atoms with van der Waals surface area (Å²) in [6.45, 7) is 3.03. The van der Waals surface area contributed by atoms with E-state index in [9.17, 15) is 9.59 Å². The molecule has 0 saturated carbocycles. The summed E-state index contributed by atoms with van der Waals surface area (Å²) in [5.74, 6) is 0.800. The molecule has 0 aromatic heterocycles. The van der Waals surface area contributed by atoms with E-state index in [2.05, 4.69) is 18.2 Å². The van der Waals surface area contributed by atoms with Crippen molar-refractivity contribution in [1.82, 2.24) is 9.80 Å². The molecule has 1 fully saturated rings. The first kappa shape index (κ1) is 21.6. The van der Waals surface area contributed by atoms with E-state index in [1.54, 1.807) is 7.11 Å². The highest BCUT2D eigenvalue weighted by Crippen LogP contribution is 2.27. The number of ether oxygens (including phenoxy) is 1. The second-order valence-corrected chi connectivity index (χ2v) is 8.67. The van der Waals surface area contributed by atoms with Crippen molar-refractivity contribution < 1.29 is 14.3 Å². The van der Waals surface area contributed by atoms with E-state index in [1.807, 2.05) is 46.2 Å². The zero-order valence-corrected chi connectivity index (χ0v) is 18.3. The Morgan fingerprint density at radius 3 is 2.32 bits per heavy atom. The number of carbonyl (C=O) groups is 2. The Bertz CT molecular complexity index is 891. The zero-order valence-electron chi connectivity index (χ0n) is 18.3. The van der Waals surface area contributed by atoms with Crippen LogP contribution in [0.5, 0.6) is 0 Å². The summed E-state index contributed by atoms with van der Waals surface area (Å²) in [7, 11) is 1.59. The largest absolute Gasteiger partial charge is 0.367 e. The summed E-state index contributed by atoms with van der Waals surface area (Å²) in [6, 6.07) is 18.1. The van der Waals surface area contributed by atoms with Crippen LogP contribution in [0.2, 0.25) is 0 Å². The van der Waals surface area contributed by atoms with E-state index in [0.29, 0.717) is 12.3 Å². The standard InChI is InChI=1S/C26H32N2O3/c1-31-25(22-8-3-2-4-9-22)26(30)27-16-13-20(14-17-27)11-12-24(29)28-18-15-21-7-5-6-10-23(21)19-28/h2-10,20,25H,11-19H2,1H3. The van der Waals surface area contributed by atoms with Gasteiger partial charge in [-0.15, -0.1) is 0 Å². The summed E-state index contributed by atoms with van der Waals surface area (Å²) in [5, 5.41) is 0. The predicted octanol–water partition coefficient (Wildman–Crippen LogP) is 3.98. The molecule has 31 heavy (non-hydrogen) atoms. The Kier molecular flexibility index (Phi) is 7.03. The SMILES string of the molecule is COC(C(=O)N1CCC(CCC(=O)N2CCc3ccccc3C2)CC1)c1ccccc1. The summed E-state index contributed by atoms with van der Waals surface area (Å²) in [5.41, 5.74) is 3.54. The highest BCUT2D eigenvalue weighted by atomic mass is 16.5. The van der Waals surface area contributed by atoms with Crippen molar-refractivity contribution in [2.24, 2.45) is 5.92 Å². The van der Waals surface area contributed by atoms with E-state index in [-0.39, 0.29) is 11.8 Å². The maximum atomic E-state index is 12.9. The summed E-state index contributed by atoms with van der Waals surface area (Å²) < 4.78 is 5.51. The Balaban J connectivity index is 1.23. The second-order valence-electron chi connectivity index (χ2n) is 8.67. The lowest BCUT2D eigenvalue weighted by Crippen LogP contribution is -2.42. The number of hydrogen-bond donors (Lipinski definition) is 0. The van der Waals surface area contributed by atoms with Crippen LogP contribution in [-0.2, 0) is 27.3 Å². The molecule has 0 aliphatic carbocycles. The normalized spacial score (nSPS) is 17.8. The molecule has 2 heterocycles. The molecule has 164 valence electrons. The van der Waals surface area contributed by atoms with Crippen LogP contribution in [0.4, 0.5) is 0 Å². The third-order valence-electron chi connectivity index (χ3n) is 6.74. The van der Waals surface area contributed by atoms with Crippen LogP contribution in [0, 0.1) is 5.92 Å². The molecule has 2 aromatic carbocycles. The van der Waals surface area contributed by atoms with E-state index >= 15 is 0 Å². The summed E-state index contributed by atoms with van der Waals surface area (Å²) >= 11 is 0. The molecule has 1 unspecified atom stereocenters. The fourth-order valence-electron chi connectivity index (χ4n) is 4.81. The van der Waals surface area contributed by atoms with E-state index in [0.717, 1.165) is 57.4 Å². The Morgan fingerprint density at radius 2 is 1.61 bits per heavy atom. The van der Waals surface area contributed by atoms with Crippen molar-refractivity contribution in [1.29, 1.82) is 0 Å². The lowest BCUT2D eigenvalue weighted by atomic mass is 9.91. The molecule has 0 spiro atoms. The van der Waals surface area contributed by atoms with E-state index in [1.165, 1.54) is 11.1 Å². The molecular weight excluding hydrogens is 388 g/mol. The fraction of sp³-hybridized carbons (Fsp3) is 0.462. The number of rotatable bonds is 6. The Labute approximate surface area is 185 Å². The van der Waals surface area contributed by atoms with Gasteiger partial charge in [-0.25, -0.2) is 0 Å². The molecular formula is C26H32N2O3. The van der Waals surface area contributed by atoms with Crippen LogP contribution in [0.3, 0.4) is 0 Å². The van der Waals surface area contributed by atoms with Crippen LogP contribution in [0.25, 0.3) is 0 Å². The number of carbonyl (C=O) groups excluding carboxylic acids is 2. The van der Waals surface area contributed by atoms with Gasteiger partial charge in [0.1, 0.15) is 0 Å². The van der Waals surface area contributed by atoms with Crippen molar-refractivity contribution >= 4 is 11.8 Å². The van der Waals surface area contributed by atoms with Crippen LogP contribution < -0.4 is 0 Å². The molecule has 4 rings (SSSR count). The monoisotopic (exact) mass is 420 g/mol. The number of nitrogens with zero attached hydrogens (tertiary/aromatic N) is 2. The molecule has 2 aliphatic heterocycles. The highest BCUT2D eigenvalue weighted by molar-refractivity contribution is 5.82. The van der Waals surface area contributed by atoms with Gasteiger partial charge in [0.05, 0.1) is 0 Å². The number of benzene rings is 2. The third kappa shape index (κ3) is 5.16. The van der Waals surface area contributed by atoms with Gasteiger partial charge in [0.15, 0.2) is 6.10 Å². The number of likely N-dealkylation sites (tertiary alicyclic amines) is 1. The first-order valence-electron chi connectivity index (χ1n) is 11.4. The van der Waals surface area contributed by atoms with Gasteiger partial charge in [0.2, 0.25) is 5.91 Å². The number of methoxy groups -OCH3 is 1. The Morgan fingerprint density at radius 1 is 0.935 bits per heavy atom. The maximum absolute atomic E-state index is 12.9. The average molecular weight is 421 g/mol. The molecule has 2 aliphatic rings. The molecule has 1 atom stereocenters. The van der Waals surface area contributed by atoms with Crippen molar-refractivity contribution in [2.45, 2.75) is 44.8 Å². The summed E-state index contributed by atoms with van der Waals surface area (Å²) in [6.07, 6.45) is 3.82. The van der Waals surface area contributed by atoms with Gasteiger partial charge in [0.25, 0.3) is 5.91 Å². The number of hydrogen-bond acceptors (Lipinski definition) is 3. The maximum Gasteiger partial charge on any atom is 0.256 e. The van der Waals surface area contributed by atoms with Gasteiger partial charge in [-0.1, -0.05) is 54.6 Å². The lowest BCUT2D eigenvalue weighted by molar-refractivity contribution is -0.144. The van der Waals surface area contributed by atoms with Crippen LogP contribution in [0.15, 0.2) is 54.6 Å². The fourth-order valence-corrected chi connectivity index (χ4v) is 4.81. The minimum atomic E-state index is -0.540. The van der Waals surface area contributed by atoms with Crippen LogP contribution in [-0.4, -0.2) is 48.4 Å². The number of amides is 2. The molecule has 5 nitrogen and oxygen atoms in total. The molecule has 0 radical (unpaired) electrons. The van der Waals surface area contributed by atoms with Gasteiger partial charge in [0, 0.05) is 39.7 Å². The number of piperidine rings is 1. The number of fused-ring (bicyclic) bond motifs is 1. The van der Waals surface area contributed by atoms with Crippen LogP contribution in [0.1, 0.15) is 48.5 Å². The Hall–Kier alpha value is -2.66. The van der Waals surface area contributed by atoms with Gasteiger partial charge in [-0.3, -0.25) is 9.59 Å². The molecule has 5 heteroatoms. The van der Waals surface area contributed by atoms with Crippen molar-refractivity contribution in [3.63, 3.8) is 0 Å². The van der Waals surface area contributed by atoms with E-state index < -0.39 is 6.10 Å². The summed E-state index contributed by atoms with van der Waals surface area (Å²) in [4.78, 5) is 29.6. The van der Waals surface area contributed by atoms with Crippen molar-refractivity contribution in [2.75, 3.05) is 26.7 Å². The molecule has 0 N–H and O–H groups in total. The van der Waals surface area contributed by atoms with Crippen LogP contribution >= 0.6 is 0 Å². The molecule has 2 aromatic rings. The molecule has 2 amide bonds. The minimum absolute atomic E-state index is 0.0372. The van der Waals surface area contributed by atoms with Gasteiger partial charge in [-0.2, -0.15) is 0 Å². The molecule has 0 bridgehead atoms. The van der Waals surface area contributed by atoms with Gasteiger partial charge < -0.3 is 14.5 Å². The van der Waals surface area contributed by atoms with E-state index in [4.69, 9.17) is 4.74 Å². The van der Waals surface area contributed by atoms with Gasteiger partial charge in [-0.05, 0) is 48.3 Å². The molecule has 1 saturated heterocycles. The van der Waals surface area contributed by atoms with Gasteiger partial charge >= 0.3 is 0 Å². The topological polar surface area (TPSA) is 49.9 Å². The first-order chi connectivity index (χ1) is 15.2. The van der Waals surface area contributed by atoms with Crippen molar-refractivity contribution in [3.8, 4) is 0 Å². The lowest BCUT2D eigenvalue weighted by Gasteiger charge is -2.34. The third-order valence-corrected chi connectivity index (χ3v) is 6.74. The zero-order chi connectivity index (χ0) is 21.6. The first-order valence-corrected chi connectivity index (χ1v) is 11.4. The average Bonchev–Trinajstić information content (AvgIpc) is 2.83.